The molecule has 0 aliphatic carbocycles. The van der Waals surface area contributed by atoms with Crippen molar-refractivity contribution in [2.24, 2.45) is 0 Å². The van der Waals surface area contributed by atoms with Crippen LogP contribution < -0.4 is 10.7 Å². The molecule has 2 aromatic rings. The number of hydrogen-bond donors (Lipinski definition) is 2. The van der Waals surface area contributed by atoms with Crippen LogP contribution in [0.15, 0.2) is 54.6 Å². The van der Waals surface area contributed by atoms with Crippen LogP contribution in [0.2, 0.25) is 0 Å². The molecule has 0 aliphatic rings. The van der Waals surface area contributed by atoms with Gasteiger partial charge in [0.15, 0.2) is 5.69 Å². The number of rotatable bonds is 6. The van der Waals surface area contributed by atoms with Crippen LogP contribution in [0.3, 0.4) is 0 Å². The first-order valence-corrected chi connectivity index (χ1v) is 7.42. The van der Waals surface area contributed by atoms with E-state index in [1.807, 2.05) is 60.4 Å². The number of nitriles is 1. The van der Waals surface area contributed by atoms with Gasteiger partial charge in [-0.3, -0.25) is 5.32 Å². The number of hydrogen-bond acceptors (Lipinski definition) is 2. The fourth-order valence-corrected chi connectivity index (χ4v) is 2.09. The van der Waals surface area contributed by atoms with Crippen molar-refractivity contribution in [2.75, 3.05) is 6.54 Å². The zero-order valence-corrected chi connectivity index (χ0v) is 13.0. The van der Waals surface area contributed by atoms with Crippen molar-refractivity contribution >= 4 is 12.0 Å². The lowest BCUT2D eigenvalue weighted by molar-refractivity contribution is -0.512. The Morgan fingerprint density at radius 1 is 1.14 bits per heavy atom. The second kappa shape index (κ2) is 7.84. The van der Waals surface area contributed by atoms with Crippen LogP contribution in [0, 0.1) is 11.3 Å². The summed E-state index contributed by atoms with van der Waals surface area (Å²) in [4.78, 5) is 0. The second-order valence-corrected chi connectivity index (χ2v) is 4.98. The van der Waals surface area contributed by atoms with Crippen molar-refractivity contribution < 1.29 is 4.68 Å². The Bertz CT molecular complexity index is 654. The highest BCUT2D eigenvalue weighted by molar-refractivity contribution is 5.51. The molecule has 1 atom stereocenters. The predicted molar refractivity (Wildman–Crippen MR) is 88.8 cm³/mol. The summed E-state index contributed by atoms with van der Waals surface area (Å²) in [6, 6.07) is 20.1. The smallest absolute Gasteiger partial charge is 0.260 e. The summed E-state index contributed by atoms with van der Waals surface area (Å²) in [5.41, 5.74) is 6.30. The number of benzene rings is 2. The number of hydrazine groups is 1. The highest BCUT2D eigenvalue weighted by Crippen LogP contribution is 2.15. The molecule has 0 bridgehead atoms. The van der Waals surface area contributed by atoms with Gasteiger partial charge in [0.1, 0.15) is 0 Å². The van der Waals surface area contributed by atoms with E-state index in [9.17, 15) is 0 Å². The van der Waals surface area contributed by atoms with Gasteiger partial charge in [-0.05, 0) is 43.7 Å². The van der Waals surface area contributed by atoms with Crippen molar-refractivity contribution in [3.8, 4) is 6.07 Å². The van der Waals surface area contributed by atoms with Crippen molar-refractivity contribution in [3.63, 3.8) is 0 Å². The molecule has 4 nitrogen and oxygen atoms in total. The van der Waals surface area contributed by atoms with Gasteiger partial charge in [0.25, 0.3) is 6.34 Å². The monoisotopic (exact) mass is 293 g/mol. The third-order valence-electron chi connectivity index (χ3n) is 3.33. The average molecular weight is 293 g/mol. The minimum absolute atomic E-state index is 0.159. The van der Waals surface area contributed by atoms with Gasteiger partial charge in [0, 0.05) is 0 Å². The number of nitrogens with one attached hydrogen (secondary N) is 2. The van der Waals surface area contributed by atoms with E-state index in [-0.39, 0.29) is 6.04 Å². The maximum absolute atomic E-state index is 8.90. The van der Waals surface area contributed by atoms with E-state index in [1.54, 1.807) is 0 Å². The fourth-order valence-electron chi connectivity index (χ4n) is 2.09. The molecule has 0 spiro atoms. The first kappa shape index (κ1) is 15.6. The first-order valence-electron chi connectivity index (χ1n) is 7.42. The number of hydrazone groups is 1. The number of nitrogens with zero attached hydrogens (tertiary/aromatic N) is 2. The Hall–Kier alpha value is -2.80. The summed E-state index contributed by atoms with van der Waals surface area (Å²) in [6.07, 6.45) is 1.90. The maximum atomic E-state index is 8.90. The highest BCUT2D eigenvalue weighted by atomic mass is 15.5. The van der Waals surface area contributed by atoms with E-state index < -0.39 is 0 Å². The SMILES string of the molecule is CCNC=[N+](N[C@H](C)c1ccccc1)c1ccc(C#N)cc1. The fraction of sp³-hybridized carbons (Fsp3) is 0.222. The van der Waals surface area contributed by atoms with E-state index in [1.165, 1.54) is 5.56 Å². The molecule has 0 amide bonds. The van der Waals surface area contributed by atoms with E-state index >= 15 is 0 Å². The van der Waals surface area contributed by atoms with Gasteiger partial charge in [-0.2, -0.15) is 5.26 Å². The molecule has 0 heterocycles. The summed E-state index contributed by atoms with van der Waals surface area (Å²) in [5, 5.41) is 12.1. The van der Waals surface area contributed by atoms with Crippen molar-refractivity contribution in [2.45, 2.75) is 19.9 Å². The van der Waals surface area contributed by atoms with Crippen molar-refractivity contribution in [1.29, 1.82) is 5.26 Å². The zero-order chi connectivity index (χ0) is 15.8. The van der Waals surface area contributed by atoms with E-state index in [2.05, 4.69) is 35.9 Å². The highest BCUT2D eigenvalue weighted by Gasteiger charge is 2.11. The van der Waals surface area contributed by atoms with Crippen molar-refractivity contribution in [3.05, 3.63) is 65.7 Å². The molecular weight excluding hydrogens is 272 g/mol. The van der Waals surface area contributed by atoms with Gasteiger partial charge < -0.3 is 0 Å². The largest absolute Gasteiger partial charge is 0.279 e. The van der Waals surface area contributed by atoms with E-state index in [0.29, 0.717) is 5.56 Å². The third-order valence-corrected chi connectivity index (χ3v) is 3.33. The van der Waals surface area contributed by atoms with Gasteiger partial charge in [-0.15, -0.1) is 4.68 Å². The normalized spacial score (nSPS) is 12.3. The topological polar surface area (TPSA) is 50.9 Å². The minimum Gasteiger partial charge on any atom is -0.279 e. The molecular formula is C18H21N4+. The lowest BCUT2D eigenvalue weighted by Crippen LogP contribution is -2.32. The van der Waals surface area contributed by atoms with Gasteiger partial charge >= 0.3 is 0 Å². The Morgan fingerprint density at radius 2 is 1.82 bits per heavy atom. The van der Waals surface area contributed by atoms with Crippen LogP contribution in [-0.4, -0.2) is 17.6 Å². The summed E-state index contributed by atoms with van der Waals surface area (Å²) >= 11 is 0. The average Bonchev–Trinajstić information content (AvgIpc) is 2.59. The summed E-state index contributed by atoms with van der Waals surface area (Å²) in [7, 11) is 0. The standard InChI is InChI=1S/C18H20N4/c1-3-20-14-22(18-11-9-16(13-19)10-12-18)21-15(2)17-7-5-4-6-8-17/h4-12,14-15,21H,3H2,1-2H3/p+1/t15-/m1/s1. The third kappa shape index (κ3) is 4.10. The molecule has 2 aromatic carbocycles. The van der Waals surface area contributed by atoms with Gasteiger partial charge in [0.05, 0.1) is 24.2 Å². The van der Waals surface area contributed by atoms with Gasteiger partial charge in [0.2, 0.25) is 0 Å². The zero-order valence-electron chi connectivity index (χ0n) is 13.0. The summed E-state index contributed by atoms with van der Waals surface area (Å²) in [5.74, 6) is 0. The molecule has 2 N–H and O–H groups in total. The summed E-state index contributed by atoms with van der Waals surface area (Å²) < 4.78 is 1.95. The summed E-state index contributed by atoms with van der Waals surface area (Å²) in [6.45, 7) is 5.01. The van der Waals surface area contributed by atoms with Crippen LogP contribution in [0.1, 0.15) is 31.0 Å². The lowest BCUT2D eigenvalue weighted by Gasteiger charge is -2.16. The lowest BCUT2D eigenvalue weighted by atomic mass is 10.1. The molecule has 0 saturated heterocycles. The molecule has 0 radical (unpaired) electrons. The molecule has 0 fully saturated rings. The predicted octanol–water partition coefficient (Wildman–Crippen LogP) is 3.11. The molecule has 0 saturated carbocycles. The van der Waals surface area contributed by atoms with Gasteiger partial charge in [-0.1, -0.05) is 30.3 Å². The van der Waals surface area contributed by atoms with Gasteiger partial charge in [-0.25, -0.2) is 5.43 Å². The molecule has 0 unspecified atom stereocenters. The van der Waals surface area contributed by atoms with Crippen LogP contribution >= 0.6 is 0 Å². The molecule has 112 valence electrons. The Kier molecular flexibility index (Phi) is 5.56. The quantitative estimate of drug-likeness (QED) is 0.372. The van der Waals surface area contributed by atoms with E-state index in [0.717, 1.165) is 12.2 Å². The Balaban J connectivity index is 2.21. The van der Waals surface area contributed by atoms with Crippen LogP contribution in [0.5, 0.6) is 0 Å². The first-order chi connectivity index (χ1) is 10.7. The molecule has 0 aliphatic heterocycles. The van der Waals surface area contributed by atoms with Crippen LogP contribution in [-0.2, 0) is 0 Å². The molecule has 0 aromatic heterocycles. The Labute approximate surface area is 131 Å². The van der Waals surface area contributed by atoms with Crippen molar-refractivity contribution in [1.82, 2.24) is 10.7 Å². The second-order valence-electron chi connectivity index (χ2n) is 4.98. The minimum atomic E-state index is 0.159. The molecule has 2 rings (SSSR count). The molecule has 22 heavy (non-hydrogen) atoms. The maximum Gasteiger partial charge on any atom is 0.260 e. The van der Waals surface area contributed by atoms with E-state index in [4.69, 9.17) is 5.26 Å². The molecule has 4 heteroatoms. The Morgan fingerprint density at radius 3 is 2.41 bits per heavy atom. The van der Waals surface area contributed by atoms with Crippen LogP contribution in [0.4, 0.5) is 5.69 Å². The van der Waals surface area contributed by atoms with Crippen LogP contribution in [0.25, 0.3) is 0 Å².